The van der Waals surface area contributed by atoms with Gasteiger partial charge in [-0.15, -0.1) is 0 Å². The van der Waals surface area contributed by atoms with Crippen LogP contribution >= 0.6 is 0 Å². The molecule has 0 saturated carbocycles. The molecule has 0 aliphatic rings. The monoisotopic (exact) mass is 247 g/mol. The topological polar surface area (TPSA) is 98.3 Å². The van der Waals surface area contributed by atoms with Gasteiger partial charge in [-0.25, -0.2) is 4.68 Å². The predicted molar refractivity (Wildman–Crippen MR) is 61.6 cm³/mol. The summed E-state index contributed by atoms with van der Waals surface area (Å²) in [5.74, 6) is -0.973. The lowest BCUT2D eigenvalue weighted by atomic mass is 10.3. The van der Waals surface area contributed by atoms with E-state index in [1.165, 1.54) is 16.8 Å². The van der Waals surface area contributed by atoms with Gasteiger partial charge in [-0.2, -0.15) is 5.10 Å². The molecule has 2 rings (SSSR count). The first-order chi connectivity index (χ1) is 8.56. The van der Waals surface area contributed by atoms with Crippen LogP contribution in [0.1, 0.15) is 5.69 Å². The molecule has 1 aromatic carbocycles. The van der Waals surface area contributed by atoms with Crippen LogP contribution in [0.3, 0.4) is 0 Å². The maximum absolute atomic E-state index is 10.6. The lowest BCUT2D eigenvalue weighted by Gasteiger charge is -2.00. The molecule has 0 saturated heterocycles. The number of rotatable bonds is 4. The number of aromatic nitrogens is 2. The van der Waals surface area contributed by atoms with Gasteiger partial charge in [0.15, 0.2) is 0 Å². The molecule has 2 aromatic rings. The fourth-order valence-corrected chi connectivity index (χ4v) is 1.50. The Morgan fingerprint density at radius 2 is 2.22 bits per heavy atom. The first kappa shape index (κ1) is 11.8. The van der Waals surface area contributed by atoms with Crippen LogP contribution < -0.4 is 0 Å². The molecule has 0 atom stereocenters. The zero-order valence-electron chi connectivity index (χ0n) is 9.18. The fourth-order valence-electron chi connectivity index (χ4n) is 1.50. The summed E-state index contributed by atoms with van der Waals surface area (Å²) in [5.41, 5.74) is 0.873. The fraction of sp³-hybridized carbons (Fsp3) is 0.0909. The molecule has 92 valence electrons. The van der Waals surface area contributed by atoms with E-state index in [0.717, 1.165) is 0 Å². The molecule has 0 radical (unpaired) electrons. The van der Waals surface area contributed by atoms with Crippen LogP contribution in [0, 0.1) is 10.1 Å². The van der Waals surface area contributed by atoms with Crippen molar-refractivity contribution in [1.82, 2.24) is 9.78 Å². The molecule has 1 N–H and O–H groups in total. The number of aliphatic carboxylic acids is 1. The Bertz CT molecular complexity index is 606. The molecule has 7 heteroatoms. The van der Waals surface area contributed by atoms with E-state index < -0.39 is 10.9 Å². The summed E-state index contributed by atoms with van der Waals surface area (Å²) >= 11 is 0. The highest BCUT2D eigenvalue weighted by atomic mass is 16.6. The highest BCUT2D eigenvalue weighted by Crippen LogP contribution is 2.16. The van der Waals surface area contributed by atoms with E-state index in [0.29, 0.717) is 11.4 Å². The SMILES string of the molecule is O=C(O)Cc1ccn(-c2cccc([N+](=O)[O-])c2)n1. The predicted octanol–water partition coefficient (Wildman–Crippen LogP) is 1.41. The van der Waals surface area contributed by atoms with E-state index in [2.05, 4.69) is 5.10 Å². The van der Waals surface area contributed by atoms with Crippen LogP contribution in [0.2, 0.25) is 0 Å². The minimum absolute atomic E-state index is 0.0391. The number of nitrogens with zero attached hydrogens (tertiary/aromatic N) is 3. The van der Waals surface area contributed by atoms with Crippen molar-refractivity contribution in [3.8, 4) is 5.69 Å². The highest BCUT2D eigenvalue weighted by Gasteiger charge is 2.09. The van der Waals surface area contributed by atoms with Crippen molar-refractivity contribution in [1.29, 1.82) is 0 Å². The minimum Gasteiger partial charge on any atom is -0.481 e. The third-order valence-electron chi connectivity index (χ3n) is 2.28. The van der Waals surface area contributed by atoms with Crippen molar-refractivity contribution in [2.24, 2.45) is 0 Å². The summed E-state index contributed by atoms with van der Waals surface area (Å²) in [5, 5.41) is 23.3. The first-order valence-corrected chi connectivity index (χ1v) is 5.07. The van der Waals surface area contributed by atoms with Crippen molar-refractivity contribution in [2.75, 3.05) is 0 Å². The van der Waals surface area contributed by atoms with Gasteiger partial charge in [0.05, 0.1) is 22.7 Å². The Morgan fingerprint density at radius 1 is 1.44 bits per heavy atom. The zero-order valence-corrected chi connectivity index (χ0v) is 9.18. The highest BCUT2D eigenvalue weighted by molar-refractivity contribution is 5.69. The Morgan fingerprint density at radius 3 is 2.89 bits per heavy atom. The lowest BCUT2D eigenvalue weighted by Crippen LogP contribution is -2.02. The van der Waals surface area contributed by atoms with Gasteiger partial charge >= 0.3 is 5.97 Å². The quantitative estimate of drug-likeness (QED) is 0.650. The summed E-state index contributed by atoms with van der Waals surface area (Å²) in [7, 11) is 0. The molecule has 1 aromatic heterocycles. The number of nitro groups is 1. The van der Waals surface area contributed by atoms with Crippen molar-refractivity contribution < 1.29 is 14.8 Å². The van der Waals surface area contributed by atoms with E-state index in [4.69, 9.17) is 5.11 Å². The zero-order chi connectivity index (χ0) is 13.1. The lowest BCUT2D eigenvalue weighted by molar-refractivity contribution is -0.384. The average Bonchev–Trinajstić information content (AvgIpc) is 2.77. The second kappa shape index (κ2) is 4.66. The standard InChI is InChI=1S/C11H9N3O4/c15-11(16)6-8-4-5-13(12-8)9-2-1-3-10(7-9)14(17)18/h1-5,7H,6H2,(H,15,16). The van der Waals surface area contributed by atoms with Gasteiger partial charge in [0.1, 0.15) is 0 Å². The Hall–Kier alpha value is -2.70. The van der Waals surface area contributed by atoms with Gasteiger partial charge < -0.3 is 5.11 Å². The third-order valence-corrected chi connectivity index (χ3v) is 2.28. The number of hydrogen-bond donors (Lipinski definition) is 1. The molecule has 0 fully saturated rings. The molecule has 0 aliphatic heterocycles. The van der Waals surface area contributed by atoms with E-state index in [1.54, 1.807) is 24.4 Å². The summed E-state index contributed by atoms with van der Waals surface area (Å²) in [6.07, 6.45) is 1.39. The summed E-state index contributed by atoms with van der Waals surface area (Å²) < 4.78 is 1.41. The normalized spacial score (nSPS) is 10.2. The van der Waals surface area contributed by atoms with Crippen molar-refractivity contribution in [3.63, 3.8) is 0 Å². The Labute approximate surface area is 101 Å². The van der Waals surface area contributed by atoms with Gasteiger partial charge in [0.2, 0.25) is 0 Å². The van der Waals surface area contributed by atoms with Crippen molar-refractivity contribution >= 4 is 11.7 Å². The van der Waals surface area contributed by atoms with E-state index in [-0.39, 0.29) is 12.1 Å². The molecule has 18 heavy (non-hydrogen) atoms. The first-order valence-electron chi connectivity index (χ1n) is 5.07. The molecular formula is C11H9N3O4. The van der Waals surface area contributed by atoms with Crippen LogP contribution in [-0.2, 0) is 11.2 Å². The van der Waals surface area contributed by atoms with E-state index >= 15 is 0 Å². The molecule has 7 nitrogen and oxygen atoms in total. The summed E-state index contributed by atoms with van der Waals surface area (Å²) in [6, 6.07) is 7.52. The van der Waals surface area contributed by atoms with Crippen LogP contribution in [0.5, 0.6) is 0 Å². The number of hydrogen-bond acceptors (Lipinski definition) is 4. The van der Waals surface area contributed by atoms with Gasteiger partial charge in [-0.1, -0.05) is 6.07 Å². The number of nitro benzene ring substituents is 1. The average molecular weight is 247 g/mol. The van der Waals surface area contributed by atoms with Gasteiger partial charge in [-0.3, -0.25) is 14.9 Å². The third kappa shape index (κ3) is 2.51. The maximum Gasteiger partial charge on any atom is 0.309 e. The largest absolute Gasteiger partial charge is 0.481 e. The van der Waals surface area contributed by atoms with Gasteiger partial charge in [-0.05, 0) is 12.1 Å². The molecular weight excluding hydrogens is 238 g/mol. The molecule has 0 unspecified atom stereocenters. The van der Waals surface area contributed by atoms with E-state index in [9.17, 15) is 14.9 Å². The van der Waals surface area contributed by atoms with Crippen molar-refractivity contribution in [2.45, 2.75) is 6.42 Å². The van der Waals surface area contributed by atoms with Crippen LogP contribution in [-0.4, -0.2) is 25.8 Å². The van der Waals surface area contributed by atoms with Gasteiger partial charge in [0, 0.05) is 18.3 Å². The smallest absolute Gasteiger partial charge is 0.309 e. The van der Waals surface area contributed by atoms with Crippen LogP contribution in [0.15, 0.2) is 36.5 Å². The second-order valence-corrected chi connectivity index (χ2v) is 3.60. The Kier molecular flexibility index (Phi) is 3.05. The van der Waals surface area contributed by atoms with E-state index in [1.807, 2.05) is 0 Å². The molecule has 0 spiro atoms. The molecule has 0 bridgehead atoms. The molecule has 0 aliphatic carbocycles. The summed E-state index contributed by atoms with van der Waals surface area (Å²) in [4.78, 5) is 20.7. The van der Waals surface area contributed by atoms with Gasteiger partial charge in [0.25, 0.3) is 5.69 Å². The van der Waals surface area contributed by atoms with Crippen LogP contribution in [0.25, 0.3) is 5.69 Å². The molecule has 1 heterocycles. The maximum atomic E-state index is 10.6. The molecule has 0 amide bonds. The number of non-ortho nitro benzene ring substituents is 1. The van der Waals surface area contributed by atoms with Crippen LogP contribution in [0.4, 0.5) is 5.69 Å². The number of carboxylic acids is 1. The number of carboxylic acid groups (broad SMARTS) is 1. The number of benzene rings is 1. The number of carbonyl (C=O) groups is 1. The summed E-state index contributed by atoms with van der Waals surface area (Å²) in [6.45, 7) is 0. The van der Waals surface area contributed by atoms with Crippen molar-refractivity contribution in [3.05, 3.63) is 52.3 Å². The second-order valence-electron chi connectivity index (χ2n) is 3.60. The Balaban J connectivity index is 2.31. The minimum atomic E-state index is -0.973.